The Morgan fingerprint density at radius 2 is 2.05 bits per heavy atom. The third-order valence-corrected chi connectivity index (χ3v) is 2.59. The van der Waals surface area contributed by atoms with Crippen LogP contribution in [0.5, 0.6) is 5.75 Å². The fourth-order valence-corrected chi connectivity index (χ4v) is 1.66. The molecule has 0 unspecified atom stereocenters. The molecule has 1 amide bonds. The molecule has 0 saturated heterocycles. The summed E-state index contributed by atoms with van der Waals surface area (Å²) in [7, 11) is 2.73. The van der Waals surface area contributed by atoms with Crippen molar-refractivity contribution in [2.45, 2.75) is 0 Å². The number of carbonyl (C=O) groups excluding carboxylic acids is 1. The minimum Gasteiger partial charge on any atom is -0.496 e. The summed E-state index contributed by atoms with van der Waals surface area (Å²) in [6.45, 7) is -0.353. The first-order valence-corrected chi connectivity index (χ1v) is 5.83. The van der Waals surface area contributed by atoms with Gasteiger partial charge in [-0.3, -0.25) is 9.59 Å². The van der Waals surface area contributed by atoms with Crippen molar-refractivity contribution in [2.75, 3.05) is 33.9 Å². The number of benzene rings is 1. The van der Waals surface area contributed by atoms with Gasteiger partial charge in [0.05, 0.1) is 13.7 Å². The second-order valence-electron chi connectivity index (χ2n) is 3.93. The maximum atomic E-state index is 13.8. The van der Waals surface area contributed by atoms with Crippen LogP contribution in [-0.2, 0) is 9.53 Å². The molecule has 1 rings (SSSR count). The minimum absolute atomic E-state index is 0.0408. The van der Waals surface area contributed by atoms with E-state index >= 15 is 0 Å². The van der Waals surface area contributed by atoms with Crippen molar-refractivity contribution in [1.82, 2.24) is 4.90 Å². The molecule has 0 fully saturated rings. The van der Waals surface area contributed by atoms with Gasteiger partial charge in [-0.15, -0.1) is 0 Å². The van der Waals surface area contributed by atoms with Crippen LogP contribution in [-0.4, -0.2) is 55.8 Å². The zero-order chi connectivity index (χ0) is 15.1. The summed E-state index contributed by atoms with van der Waals surface area (Å²) < 4.78 is 23.6. The maximum absolute atomic E-state index is 13.8. The lowest BCUT2D eigenvalue weighted by molar-refractivity contribution is -0.137. The quantitative estimate of drug-likeness (QED) is 0.809. The fourth-order valence-electron chi connectivity index (χ4n) is 1.66. The van der Waals surface area contributed by atoms with Crippen LogP contribution in [0.4, 0.5) is 4.39 Å². The molecule has 0 atom stereocenters. The zero-order valence-electron chi connectivity index (χ0n) is 11.3. The summed E-state index contributed by atoms with van der Waals surface area (Å²) in [5.41, 5.74) is -0.285. The monoisotopic (exact) mass is 285 g/mol. The first-order chi connectivity index (χ1) is 9.51. The average Bonchev–Trinajstić information content (AvgIpc) is 2.41. The van der Waals surface area contributed by atoms with E-state index in [0.717, 1.165) is 11.0 Å². The van der Waals surface area contributed by atoms with Crippen LogP contribution in [0, 0.1) is 5.82 Å². The van der Waals surface area contributed by atoms with Crippen LogP contribution in [0.3, 0.4) is 0 Å². The van der Waals surface area contributed by atoms with Gasteiger partial charge in [0.25, 0.3) is 5.91 Å². The van der Waals surface area contributed by atoms with Crippen LogP contribution < -0.4 is 4.74 Å². The number of rotatable bonds is 7. The molecule has 110 valence electrons. The van der Waals surface area contributed by atoms with Gasteiger partial charge in [-0.25, -0.2) is 4.39 Å². The normalized spacial score (nSPS) is 10.2. The van der Waals surface area contributed by atoms with Crippen LogP contribution in [0.1, 0.15) is 10.4 Å². The highest BCUT2D eigenvalue weighted by Gasteiger charge is 2.24. The number of aliphatic carboxylic acids is 1. The van der Waals surface area contributed by atoms with E-state index in [1.54, 1.807) is 0 Å². The summed E-state index contributed by atoms with van der Waals surface area (Å²) in [5, 5.41) is 8.82. The van der Waals surface area contributed by atoms with E-state index < -0.39 is 24.2 Å². The molecule has 6 nitrogen and oxygen atoms in total. The molecule has 20 heavy (non-hydrogen) atoms. The van der Waals surface area contributed by atoms with Crippen molar-refractivity contribution < 1.29 is 28.6 Å². The van der Waals surface area contributed by atoms with E-state index in [4.69, 9.17) is 14.6 Å². The number of nitrogens with zero attached hydrogens (tertiary/aromatic N) is 1. The highest BCUT2D eigenvalue weighted by atomic mass is 19.1. The van der Waals surface area contributed by atoms with Crippen LogP contribution in [0.2, 0.25) is 0 Å². The molecular formula is C13H16FNO5. The van der Waals surface area contributed by atoms with Gasteiger partial charge in [0, 0.05) is 13.7 Å². The fraction of sp³-hybridized carbons (Fsp3) is 0.385. The van der Waals surface area contributed by atoms with Gasteiger partial charge in [0.15, 0.2) is 0 Å². The summed E-state index contributed by atoms with van der Waals surface area (Å²) >= 11 is 0. The lowest BCUT2D eigenvalue weighted by Crippen LogP contribution is -2.38. The Bertz CT molecular complexity index is 492. The summed E-state index contributed by atoms with van der Waals surface area (Å²) in [6.07, 6.45) is 0. The second kappa shape index (κ2) is 7.44. The number of methoxy groups -OCH3 is 2. The van der Waals surface area contributed by atoms with Crippen molar-refractivity contribution in [3.8, 4) is 5.75 Å². The summed E-state index contributed by atoms with van der Waals surface area (Å²) in [5.74, 6) is -2.64. The number of carbonyl (C=O) groups is 2. The van der Waals surface area contributed by atoms with E-state index in [1.807, 2.05) is 0 Å². The number of hydrogen-bond donors (Lipinski definition) is 1. The largest absolute Gasteiger partial charge is 0.496 e. The molecule has 0 spiro atoms. The van der Waals surface area contributed by atoms with Crippen molar-refractivity contribution >= 4 is 11.9 Å². The third kappa shape index (κ3) is 3.92. The highest BCUT2D eigenvalue weighted by molar-refractivity contribution is 5.98. The van der Waals surface area contributed by atoms with Crippen LogP contribution in [0.15, 0.2) is 18.2 Å². The molecule has 0 aliphatic heterocycles. The maximum Gasteiger partial charge on any atom is 0.323 e. The van der Waals surface area contributed by atoms with Gasteiger partial charge in [0.2, 0.25) is 0 Å². The third-order valence-electron chi connectivity index (χ3n) is 2.59. The van der Waals surface area contributed by atoms with E-state index in [9.17, 15) is 14.0 Å². The number of amides is 1. The molecule has 0 saturated carbocycles. The van der Waals surface area contributed by atoms with Crippen molar-refractivity contribution in [2.24, 2.45) is 0 Å². The molecule has 0 aromatic heterocycles. The molecule has 0 radical (unpaired) electrons. The molecule has 0 heterocycles. The summed E-state index contributed by atoms with van der Waals surface area (Å²) in [6, 6.07) is 3.96. The molecule has 1 aromatic rings. The molecule has 1 aromatic carbocycles. The number of halogens is 1. The van der Waals surface area contributed by atoms with Gasteiger partial charge in [0.1, 0.15) is 23.7 Å². The second-order valence-corrected chi connectivity index (χ2v) is 3.93. The average molecular weight is 285 g/mol. The zero-order valence-corrected chi connectivity index (χ0v) is 11.3. The first kappa shape index (κ1) is 15.9. The predicted octanol–water partition coefficient (Wildman–Crippen LogP) is 1.01. The Morgan fingerprint density at radius 3 is 2.60 bits per heavy atom. The lowest BCUT2D eigenvalue weighted by Gasteiger charge is -2.21. The van der Waals surface area contributed by atoms with E-state index in [2.05, 4.69) is 0 Å². The van der Waals surface area contributed by atoms with Crippen molar-refractivity contribution in [1.29, 1.82) is 0 Å². The van der Waals surface area contributed by atoms with Gasteiger partial charge < -0.3 is 19.5 Å². The Labute approximate surface area is 115 Å². The Hall–Kier alpha value is -2.15. The molecule has 0 bridgehead atoms. The number of carboxylic acid groups (broad SMARTS) is 1. The van der Waals surface area contributed by atoms with Crippen LogP contribution >= 0.6 is 0 Å². The Kier molecular flexibility index (Phi) is 5.92. The number of ether oxygens (including phenoxy) is 2. The van der Waals surface area contributed by atoms with Crippen molar-refractivity contribution in [3.05, 3.63) is 29.6 Å². The first-order valence-electron chi connectivity index (χ1n) is 5.83. The minimum atomic E-state index is -1.19. The topological polar surface area (TPSA) is 76.1 Å². The Balaban J connectivity index is 3.07. The van der Waals surface area contributed by atoms with Crippen molar-refractivity contribution in [3.63, 3.8) is 0 Å². The van der Waals surface area contributed by atoms with E-state index in [1.165, 1.54) is 26.4 Å². The number of carboxylic acids is 1. The molecule has 7 heteroatoms. The predicted molar refractivity (Wildman–Crippen MR) is 68.4 cm³/mol. The molecule has 0 aliphatic rings. The van der Waals surface area contributed by atoms with Gasteiger partial charge in [-0.05, 0) is 12.1 Å². The Morgan fingerprint density at radius 1 is 1.35 bits per heavy atom. The molecule has 0 aliphatic carbocycles. The van der Waals surface area contributed by atoms with Crippen LogP contribution in [0.25, 0.3) is 0 Å². The molecule has 1 N–H and O–H groups in total. The standard InChI is InChI=1S/C13H16FNO5/c1-19-7-6-15(8-11(16)17)13(18)12-9(14)4-3-5-10(12)20-2/h3-5H,6-8H2,1-2H3,(H,16,17). The SMILES string of the molecule is COCCN(CC(=O)O)C(=O)c1c(F)cccc1OC. The molecular weight excluding hydrogens is 269 g/mol. The summed E-state index contributed by atoms with van der Waals surface area (Å²) in [4.78, 5) is 24.1. The van der Waals surface area contributed by atoms with Gasteiger partial charge in [-0.1, -0.05) is 6.07 Å². The number of hydrogen-bond acceptors (Lipinski definition) is 4. The lowest BCUT2D eigenvalue weighted by atomic mass is 10.1. The highest BCUT2D eigenvalue weighted by Crippen LogP contribution is 2.22. The van der Waals surface area contributed by atoms with E-state index in [0.29, 0.717) is 0 Å². The van der Waals surface area contributed by atoms with Gasteiger partial charge in [-0.2, -0.15) is 0 Å². The van der Waals surface area contributed by atoms with Gasteiger partial charge >= 0.3 is 5.97 Å². The smallest absolute Gasteiger partial charge is 0.323 e. The van der Waals surface area contributed by atoms with E-state index in [-0.39, 0.29) is 24.5 Å².